The maximum absolute atomic E-state index is 13.1. The van der Waals surface area contributed by atoms with Gasteiger partial charge in [0, 0.05) is 18.8 Å². The molecule has 2 rings (SSSR count). The molecule has 0 fully saturated rings. The number of rotatable bonds is 10. The second-order valence-corrected chi connectivity index (χ2v) is 9.80. The predicted molar refractivity (Wildman–Crippen MR) is 132 cm³/mol. The van der Waals surface area contributed by atoms with Gasteiger partial charge in [0.25, 0.3) is 0 Å². The van der Waals surface area contributed by atoms with Gasteiger partial charge in [0.05, 0.1) is 15.8 Å². The second-order valence-electron chi connectivity index (χ2n) is 8.00. The van der Waals surface area contributed by atoms with Crippen molar-refractivity contribution in [3.8, 4) is 0 Å². The third kappa shape index (κ3) is 8.06. The van der Waals surface area contributed by atoms with E-state index < -0.39 is 6.04 Å². The number of halogens is 2. The molecule has 0 aliphatic heterocycles. The summed E-state index contributed by atoms with van der Waals surface area (Å²) in [6, 6.07) is 12.8. The van der Waals surface area contributed by atoms with Crippen LogP contribution in [0, 0.1) is 12.8 Å². The molecule has 0 unspecified atom stereocenters. The lowest BCUT2D eigenvalue weighted by Gasteiger charge is -2.29. The van der Waals surface area contributed by atoms with Gasteiger partial charge in [0.2, 0.25) is 11.8 Å². The molecule has 0 aliphatic rings. The number of amides is 2. The summed E-state index contributed by atoms with van der Waals surface area (Å²) in [4.78, 5) is 27.5. The maximum Gasteiger partial charge on any atom is 0.242 e. The van der Waals surface area contributed by atoms with Crippen molar-refractivity contribution >= 4 is 46.8 Å². The molecule has 2 amide bonds. The first-order valence-electron chi connectivity index (χ1n) is 10.3. The Balaban J connectivity index is 2.08. The highest BCUT2D eigenvalue weighted by Crippen LogP contribution is 2.25. The van der Waals surface area contributed by atoms with E-state index in [-0.39, 0.29) is 17.6 Å². The molecule has 4 nitrogen and oxygen atoms in total. The highest BCUT2D eigenvalue weighted by atomic mass is 35.5. The number of nitrogens with one attached hydrogen (secondary N) is 1. The van der Waals surface area contributed by atoms with Gasteiger partial charge in [0.1, 0.15) is 6.04 Å². The summed E-state index contributed by atoms with van der Waals surface area (Å²) >= 11 is 13.5. The first kappa shape index (κ1) is 25.6. The molecule has 7 heteroatoms. The van der Waals surface area contributed by atoms with Gasteiger partial charge in [-0.25, -0.2) is 0 Å². The molecule has 0 aromatic heterocycles. The van der Waals surface area contributed by atoms with Crippen LogP contribution in [-0.4, -0.2) is 35.1 Å². The number of carbonyl (C=O) groups excluding carboxylic acids is 2. The van der Waals surface area contributed by atoms with Gasteiger partial charge in [-0.05, 0) is 48.6 Å². The summed E-state index contributed by atoms with van der Waals surface area (Å²) in [6.07, 6.45) is 0. The van der Waals surface area contributed by atoms with E-state index in [1.54, 1.807) is 17.9 Å². The summed E-state index contributed by atoms with van der Waals surface area (Å²) in [5.74, 6) is 1.05. The van der Waals surface area contributed by atoms with E-state index in [0.717, 1.165) is 16.7 Å². The van der Waals surface area contributed by atoms with Crippen LogP contribution in [0.25, 0.3) is 0 Å². The van der Waals surface area contributed by atoms with Gasteiger partial charge in [-0.15, -0.1) is 11.8 Å². The molecule has 0 saturated carbocycles. The van der Waals surface area contributed by atoms with Crippen molar-refractivity contribution in [2.75, 3.05) is 12.3 Å². The van der Waals surface area contributed by atoms with Crippen LogP contribution in [0.2, 0.25) is 10.0 Å². The molecule has 31 heavy (non-hydrogen) atoms. The highest BCUT2D eigenvalue weighted by molar-refractivity contribution is 7.99. The second kappa shape index (κ2) is 12.4. The third-order valence-electron chi connectivity index (χ3n) is 4.93. The van der Waals surface area contributed by atoms with E-state index in [0.29, 0.717) is 34.8 Å². The number of hydrogen-bond donors (Lipinski definition) is 1. The number of benzene rings is 2. The van der Waals surface area contributed by atoms with Crippen LogP contribution in [-0.2, 0) is 21.9 Å². The summed E-state index contributed by atoms with van der Waals surface area (Å²) in [7, 11) is 0. The minimum Gasteiger partial charge on any atom is -0.354 e. The average Bonchev–Trinajstić information content (AvgIpc) is 2.73. The molecule has 1 N–H and O–H groups in total. The SMILES string of the molecule is Cc1ccccc1CN(C(=O)CSCc1ccc(Cl)c(Cl)c1)[C@H](C)C(=O)NCC(C)C. The fourth-order valence-corrected chi connectivity index (χ4v) is 4.15. The lowest BCUT2D eigenvalue weighted by molar-refractivity contribution is -0.138. The molecule has 2 aromatic rings. The highest BCUT2D eigenvalue weighted by Gasteiger charge is 2.26. The Morgan fingerprint density at radius 2 is 1.77 bits per heavy atom. The lowest BCUT2D eigenvalue weighted by Crippen LogP contribution is -2.48. The fraction of sp³-hybridized carbons (Fsp3) is 0.417. The van der Waals surface area contributed by atoms with Crippen molar-refractivity contribution in [2.24, 2.45) is 5.92 Å². The van der Waals surface area contributed by atoms with E-state index >= 15 is 0 Å². The molecular weight excluding hydrogens is 451 g/mol. The van der Waals surface area contributed by atoms with Gasteiger partial charge < -0.3 is 10.2 Å². The molecule has 0 aliphatic carbocycles. The van der Waals surface area contributed by atoms with Gasteiger partial charge in [0.15, 0.2) is 0 Å². The number of aryl methyl sites for hydroxylation is 1. The van der Waals surface area contributed by atoms with Gasteiger partial charge >= 0.3 is 0 Å². The molecular formula is C24H30Cl2N2O2S. The van der Waals surface area contributed by atoms with Crippen LogP contribution >= 0.6 is 35.0 Å². The topological polar surface area (TPSA) is 49.4 Å². The smallest absolute Gasteiger partial charge is 0.242 e. The number of carbonyl (C=O) groups is 2. The first-order valence-corrected chi connectivity index (χ1v) is 12.2. The third-order valence-corrected chi connectivity index (χ3v) is 6.66. The Morgan fingerprint density at radius 1 is 1.06 bits per heavy atom. The quantitative estimate of drug-likeness (QED) is 0.472. The largest absolute Gasteiger partial charge is 0.354 e. The Labute approximate surface area is 199 Å². The number of hydrogen-bond acceptors (Lipinski definition) is 3. The molecule has 2 aromatic carbocycles. The minimum absolute atomic E-state index is 0.0690. The summed E-state index contributed by atoms with van der Waals surface area (Å²) in [5.41, 5.74) is 3.13. The van der Waals surface area contributed by atoms with Gasteiger partial charge in [-0.3, -0.25) is 9.59 Å². The van der Waals surface area contributed by atoms with E-state index in [2.05, 4.69) is 5.32 Å². The van der Waals surface area contributed by atoms with Crippen molar-refractivity contribution < 1.29 is 9.59 Å². The Hall–Kier alpha value is -1.69. The van der Waals surface area contributed by atoms with Crippen LogP contribution < -0.4 is 5.32 Å². The predicted octanol–water partition coefficient (Wildman–Crippen LogP) is 5.72. The van der Waals surface area contributed by atoms with Crippen LogP contribution in [0.5, 0.6) is 0 Å². The van der Waals surface area contributed by atoms with Crippen molar-refractivity contribution in [2.45, 2.75) is 46.0 Å². The van der Waals surface area contributed by atoms with Crippen molar-refractivity contribution in [1.82, 2.24) is 10.2 Å². The van der Waals surface area contributed by atoms with Gasteiger partial charge in [-0.1, -0.05) is 67.4 Å². The average molecular weight is 481 g/mol. The summed E-state index contributed by atoms with van der Waals surface area (Å²) < 4.78 is 0. The monoisotopic (exact) mass is 480 g/mol. The van der Waals surface area contributed by atoms with Crippen molar-refractivity contribution in [3.05, 3.63) is 69.2 Å². The van der Waals surface area contributed by atoms with Crippen LogP contribution in [0.4, 0.5) is 0 Å². The van der Waals surface area contributed by atoms with Crippen LogP contribution in [0.3, 0.4) is 0 Å². The molecule has 0 spiro atoms. The lowest BCUT2D eigenvalue weighted by atomic mass is 10.1. The maximum atomic E-state index is 13.1. The molecule has 0 saturated heterocycles. The van der Waals surface area contributed by atoms with Crippen LogP contribution in [0.1, 0.15) is 37.5 Å². The normalized spacial score (nSPS) is 12.0. The summed E-state index contributed by atoms with van der Waals surface area (Å²) in [6.45, 7) is 8.87. The molecule has 0 radical (unpaired) electrons. The van der Waals surface area contributed by atoms with Crippen molar-refractivity contribution in [1.29, 1.82) is 0 Å². The Morgan fingerprint density at radius 3 is 2.42 bits per heavy atom. The molecule has 0 heterocycles. The number of nitrogens with zero attached hydrogens (tertiary/aromatic N) is 1. The fourth-order valence-electron chi connectivity index (χ4n) is 2.97. The first-order chi connectivity index (χ1) is 14.7. The zero-order valence-corrected chi connectivity index (χ0v) is 20.8. The van der Waals surface area contributed by atoms with Crippen molar-refractivity contribution in [3.63, 3.8) is 0 Å². The standard InChI is InChI=1S/C24H30Cl2N2O2S/c1-16(2)12-27-24(30)18(4)28(13-20-8-6-5-7-17(20)3)23(29)15-31-14-19-9-10-21(25)22(26)11-19/h5-11,16,18H,12-15H2,1-4H3,(H,27,30)/t18-/m1/s1. The molecule has 0 bridgehead atoms. The Kier molecular flexibility index (Phi) is 10.2. The van der Waals surface area contributed by atoms with E-state index in [1.165, 1.54) is 11.8 Å². The van der Waals surface area contributed by atoms with E-state index in [4.69, 9.17) is 23.2 Å². The Bertz CT molecular complexity index is 905. The minimum atomic E-state index is -0.559. The molecule has 168 valence electrons. The van der Waals surface area contributed by atoms with E-state index in [1.807, 2.05) is 57.2 Å². The molecule has 1 atom stereocenters. The van der Waals surface area contributed by atoms with E-state index in [9.17, 15) is 9.59 Å². The zero-order valence-electron chi connectivity index (χ0n) is 18.5. The number of thioether (sulfide) groups is 1. The van der Waals surface area contributed by atoms with Gasteiger partial charge in [-0.2, -0.15) is 0 Å². The van der Waals surface area contributed by atoms with Crippen LogP contribution in [0.15, 0.2) is 42.5 Å². The summed E-state index contributed by atoms with van der Waals surface area (Å²) in [5, 5.41) is 3.96. The zero-order chi connectivity index (χ0) is 23.0.